The van der Waals surface area contributed by atoms with E-state index >= 15 is 0 Å². The Hall–Kier alpha value is -1.66. The molecule has 5 nitrogen and oxygen atoms in total. The third-order valence-electron chi connectivity index (χ3n) is 4.59. The molecule has 24 heavy (non-hydrogen) atoms. The molecule has 1 aliphatic rings. The number of hydrogen-bond donors (Lipinski definition) is 0. The van der Waals surface area contributed by atoms with Crippen LogP contribution in [0.25, 0.3) is 0 Å². The van der Waals surface area contributed by atoms with Gasteiger partial charge in [-0.3, -0.25) is 0 Å². The van der Waals surface area contributed by atoms with Gasteiger partial charge in [0.2, 0.25) is 10.0 Å². The molecule has 2 aromatic rings. The van der Waals surface area contributed by atoms with Gasteiger partial charge in [0.1, 0.15) is 5.82 Å². The highest BCUT2D eigenvalue weighted by atomic mass is 32.2. The Morgan fingerprint density at radius 2 is 2.00 bits per heavy atom. The first-order valence-electron chi connectivity index (χ1n) is 8.52. The zero-order valence-electron chi connectivity index (χ0n) is 14.3. The lowest BCUT2D eigenvalue weighted by atomic mass is 9.98. The van der Waals surface area contributed by atoms with Gasteiger partial charge < -0.3 is 4.57 Å². The molecule has 0 radical (unpaired) electrons. The normalized spacial score (nSPS) is 19.7. The molecule has 2 heterocycles. The number of rotatable bonds is 5. The van der Waals surface area contributed by atoms with Crippen molar-refractivity contribution < 1.29 is 8.42 Å². The van der Waals surface area contributed by atoms with Crippen LogP contribution in [-0.2, 0) is 15.8 Å². The first-order chi connectivity index (χ1) is 11.5. The number of piperidine rings is 1. The largest absolute Gasteiger partial charge is 0.332 e. The maximum Gasteiger partial charge on any atom is 0.218 e. The molecule has 1 fully saturated rings. The molecule has 0 N–H and O–H groups in total. The van der Waals surface area contributed by atoms with Gasteiger partial charge in [0.15, 0.2) is 0 Å². The zero-order valence-corrected chi connectivity index (χ0v) is 15.1. The third kappa shape index (κ3) is 3.70. The molecule has 0 bridgehead atoms. The highest BCUT2D eigenvalue weighted by Crippen LogP contribution is 2.29. The second-order valence-corrected chi connectivity index (χ2v) is 8.69. The van der Waals surface area contributed by atoms with Crippen LogP contribution in [0.5, 0.6) is 0 Å². The minimum atomic E-state index is -3.30. The van der Waals surface area contributed by atoms with E-state index in [1.165, 1.54) is 0 Å². The van der Waals surface area contributed by atoms with Crippen molar-refractivity contribution in [3.8, 4) is 0 Å². The van der Waals surface area contributed by atoms with E-state index < -0.39 is 10.0 Å². The molecule has 6 heteroatoms. The monoisotopic (exact) mass is 347 g/mol. The molecule has 1 aromatic carbocycles. The van der Waals surface area contributed by atoms with E-state index in [-0.39, 0.29) is 11.7 Å². The lowest BCUT2D eigenvalue weighted by molar-refractivity contribution is 0.302. The van der Waals surface area contributed by atoms with Crippen LogP contribution < -0.4 is 0 Å². The van der Waals surface area contributed by atoms with E-state index in [1.54, 1.807) is 4.31 Å². The van der Waals surface area contributed by atoms with Crippen LogP contribution in [0.1, 0.15) is 50.0 Å². The Labute approximate surface area is 144 Å². The summed E-state index contributed by atoms with van der Waals surface area (Å²) in [5, 5.41) is 0. The summed E-state index contributed by atoms with van der Waals surface area (Å²) in [6.07, 6.45) is 5.66. The second-order valence-electron chi connectivity index (χ2n) is 6.73. The number of imidazole rings is 1. The summed E-state index contributed by atoms with van der Waals surface area (Å²) in [4.78, 5) is 4.50. The molecule has 1 atom stereocenters. The summed E-state index contributed by atoms with van der Waals surface area (Å²) < 4.78 is 29.4. The van der Waals surface area contributed by atoms with Crippen molar-refractivity contribution in [3.63, 3.8) is 0 Å². The summed E-state index contributed by atoms with van der Waals surface area (Å²) >= 11 is 0. The van der Waals surface area contributed by atoms with Gasteiger partial charge in [-0.05, 0) is 32.3 Å². The number of sulfonamides is 1. The van der Waals surface area contributed by atoms with Crippen molar-refractivity contribution in [2.75, 3.05) is 13.1 Å². The molecule has 1 aliphatic heterocycles. The molecule has 0 saturated carbocycles. The minimum absolute atomic E-state index is 0.0686. The number of aromatic nitrogens is 2. The van der Waals surface area contributed by atoms with E-state index in [0.29, 0.717) is 19.1 Å². The molecule has 0 spiro atoms. The predicted molar refractivity (Wildman–Crippen MR) is 95.2 cm³/mol. The van der Waals surface area contributed by atoms with Crippen molar-refractivity contribution in [3.05, 3.63) is 54.1 Å². The van der Waals surface area contributed by atoms with Crippen molar-refractivity contribution in [2.45, 2.75) is 44.4 Å². The maximum atomic E-state index is 12.8. The average Bonchev–Trinajstić information content (AvgIpc) is 3.05. The van der Waals surface area contributed by atoms with Crippen LogP contribution in [0.3, 0.4) is 0 Å². The lowest BCUT2D eigenvalue weighted by Gasteiger charge is -2.32. The highest BCUT2D eigenvalue weighted by Gasteiger charge is 2.31. The molecule has 1 aromatic heterocycles. The van der Waals surface area contributed by atoms with Crippen molar-refractivity contribution in [2.24, 2.45) is 0 Å². The van der Waals surface area contributed by atoms with Crippen LogP contribution in [0, 0.1) is 0 Å². The third-order valence-corrected chi connectivity index (χ3v) is 6.41. The van der Waals surface area contributed by atoms with E-state index in [0.717, 1.165) is 24.2 Å². The summed E-state index contributed by atoms with van der Waals surface area (Å²) in [6, 6.07) is 9.72. The van der Waals surface area contributed by atoms with Crippen LogP contribution in [0.15, 0.2) is 42.7 Å². The number of hydrogen-bond acceptors (Lipinski definition) is 3. The van der Waals surface area contributed by atoms with E-state index in [2.05, 4.69) is 23.4 Å². The predicted octanol–water partition coefficient (Wildman–Crippen LogP) is 3.17. The van der Waals surface area contributed by atoms with Crippen molar-refractivity contribution >= 4 is 10.0 Å². The Balaban J connectivity index is 1.76. The molecular formula is C18H25N3O2S. The molecule has 1 saturated heterocycles. The van der Waals surface area contributed by atoms with Gasteiger partial charge in [-0.1, -0.05) is 30.3 Å². The van der Waals surface area contributed by atoms with Crippen molar-refractivity contribution in [1.29, 1.82) is 0 Å². The standard InChI is InChI=1S/C18H25N3O2S/c1-15(2)21-12-10-19-18(21)17-9-6-11-20(13-17)24(22,23)14-16-7-4-3-5-8-16/h3-5,7-8,10,12,15,17H,6,9,11,13-14H2,1-2H3. The molecule has 0 aliphatic carbocycles. The Kier molecular flexibility index (Phi) is 5.06. The minimum Gasteiger partial charge on any atom is -0.332 e. The molecule has 1 unspecified atom stereocenters. The average molecular weight is 347 g/mol. The summed E-state index contributed by atoms with van der Waals surface area (Å²) in [5.41, 5.74) is 0.836. The smallest absolute Gasteiger partial charge is 0.218 e. The molecular weight excluding hydrogens is 322 g/mol. The fourth-order valence-electron chi connectivity index (χ4n) is 3.36. The van der Waals surface area contributed by atoms with Crippen LogP contribution in [0.2, 0.25) is 0 Å². The summed E-state index contributed by atoms with van der Waals surface area (Å²) in [6.45, 7) is 5.38. The van der Waals surface area contributed by atoms with Crippen molar-refractivity contribution in [1.82, 2.24) is 13.9 Å². The zero-order chi connectivity index (χ0) is 17.2. The van der Waals surface area contributed by atoms with Gasteiger partial charge in [-0.25, -0.2) is 17.7 Å². The van der Waals surface area contributed by atoms with E-state index in [1.807, 2.05) is 42.7 Å². The van der Waals surface area contributed by atoms with E-state index in [9.17, 15) is 8.42 Å². The topological polar surface area (TPSA) is 55.2 Å². The second kappa shape index (κ2) is 7.07. The Morgan fingerprint density at radius 3 is 2.71 bits per heavy atom. The Morgan fingerprint density at radius 1 is 1.25 bits per heavy atom. The number of nitrogens with zero attached hydrogens (tertiary/aromatic N) is 3. The fraction of sp³-hybridized carbons (Fsp3) is 0.500. The van der Waals surface area contributed by atoms with Crippen LogP contribution in [-0.4, -0.2) is 35.4 Å². The summed E-state index contributed by atoms with van der Waals surface area (Å²) in [7, 11) is -3.30. The van der Waals surface area contributed by atoms with Crippen LogP contribution in [0.4, 0.5) is 0 Å². The fourth-order valence-corrected chi connectivity index (χ4v) is 4.97. The van der Waals surface area contributed by atoms with Gasteiger partial charge in [-0.2, -0.15) is 0 Å². The number of benzene rings is 1. The van der Waals surface area contributed by atoms with Gasteiger partial charge in [0.05, 0.1) is 5.75 Å². The van der Waals surface area contributed by atoms with Gasteiger partial charge in [0, 0.05) is 37.4 Å². The van der Waals surface area contributed by atoms with Gasteiger partial charge in [0.25, 0.3) is 0 Å². The van der Waals surface area contributed by atoms with Gasteiger partial charge >= 0.3 is 0 Å². The lowest BCUT2D eigenvalue weighted by Crippen LogP contribution is -2.40. The SMILES string of the molecule is CC(C)n1ccnc1C1CCCN(S(=O)(=O)Cc2ccccc2)C1. The first-order valence-corrected chi connectivity index (χ1v) is 10.1. The highest BCUT2D eigenvalue weighted by molar-refractivity contribution is 7.88. The molecule has 130 valence electrons. The summed E-state index contributed by atoms with van der Waals surface area (Å²) in [5.74, 6) is 1.24. The van der Waals surface area contributed by atoms with Gasteiger partial charge in [-0.15, -0.1) is 0 Å². The molecule has 3 rings (SSSR count). The van der Waals surface area contributed by atoms with Crippen LogP contribution >= 0.6 is 0 Å². The first kappa shape index (κ1) is 17.2. The van der Waals surface area contributed by atoms with E-state index in [4.69, 9.17) is 0 Å². The maximum absolute atomic E-state index is 12.8. The molecule has 0 amide bonds. The Bertz CT molecular complexity index is 769. The quantitative estimate of drug-likeness (QED) is 0.835.